The predicted molar refractivity (Wildman–Crippen MR) is 80.7 cm³/mol. The lowest BCUT2D eigenvalue weighted by Gasteiger charge is -2.37. The summed E-state index contributed by atoms with van der Waals surface area (Å²) >= 11 is 0. The first kappa shape index (κ1) is 17.6. The number of halogens is 4. The van der Waals surface area contributed by atoms with E-state index in [1.807, 2.05) is 0 Å². The van der Waals surface area contributed by atoms with E-state index in [4.69, 9.17) is 0 Å². The standard InChI is InChI=1S/C18H26F4/c19-17(20)11-5-13-1-7-15(8-2-13)16-9-3-14(4-10-16)6-12-18(21)22/h11-16H,1-10H2. The largest absolute Gasteiger partial charge is 0.266 e. The fraction of sp³-hybridized carbons (Fsp3) is 0.778. The Morgan fingerprint density at radius 2 is 0.909 bits per heavy atom. The first-order valence-corrected chi connectivity index (χ1v) is 8.57. The van der Waals surface area contributed by atoms with Gasteiger partial charge in [0.25, 0.3) is 12.2 Å². The SMILES string of the molecule is FC(F)=CCC1CCC(C2CCC(CC=C(F)F)CC2)CC1. The Morgan fingerprint density at radius 1 is 0.591 bits per heavy atom. The summed E-state index contributed by atoms with van der Waals surface area (Å²) in [6, 6.07) is 0. The molecule has 2 aliphatic carbocycles. The van der Waals surface area contributed by atoms with Crippen molar-refractivity contribution in [3.63, 3.8) is 0 Å². The van der Waals surface area contributed by atoms with Gasteiger partial charge in [-0.3, -0.25) is 0 Å². The second kappa shape index (κ2) is 8.73. The van der Waals surface area contributed by atoms with Gasteiger partial charge in [0.1, 0.15) is 0 Å². The molecule has 0 unspecified atom stereocenters. The average molecular weight is 318 g/mol. The van der Waals surface area contributed by atoms with Gasteiger partial charge in [-0.05, 0) is 100 Å². The maximum Gasteiger partial charge on any atom is 0.266 e. The smallest absolute Gasteiger partial charge is 0.174 e. The van der Waals surface area contributed by atoms with Gasteiger partial charge in [-0.1, -0.05) is 0 Å². The Hall–Kier alpha value is -0.800. The summed E-state index contributed by atoms with van der Waals surface area (Å²) in [5, 5.41) is 0. The minimum absolute atomic E-state index is 0.423. The Bertz CT molecular complexity index is 340. The van der Waals surface area contributed by atoms with Crippen LogP contribution in [0.5, 0.6) is 0 Å². The van der Waals surface area contributed by atoms with Crippen molar-refractivity contribution >= 4 is 0 Å². The number of rotatable bonds is 5. The van der Waals surface area contributed by atoms with Gasteiger partial charge in [-0.15, -0.1) is 0 Å². The first-order valence-electron chi connectivity index (χ1n) is 8.57. The maximum absolute atomic E-state index is 12.1. The molecule has 0 radical (unpaired) electrons. The molecule has 0 spiro atoms. The lowest BCUT2D eigenvalue weighted by atomic mass is 9.68. The molecule has 4 heteroatoms. The molecule has 0 aromatic carbocycles. The van der Waals surface area contributed by atoms with E-state index < -0.39 is 12.2 Å². The highest BCUT2D eigenvalue weighted by molar-refractivity contribution is 4.89. The number of hydrogen-bond acceptors (Lipinski definition) is 0. The van der Waals surface area contributed by atoms with Crippen molar-refractivity contribution in [2.75, 3.05) is 0 Å². The summed E-state index contributed by atoms with van der Waals surface area (Å²) in [7, 11) is 0. The van der Waals surface area contributed by atoms with Crippen LogP contribution in [0.4, 0.5) is 17.6 Å². The third-order valence-corrected chi connectivity index (χ3v) is 5.66. The van der Waals surface area contributed by atoms with E-state index in [1.54, 1.807) is 0 Å². The Labute approximate surface area is 130 Å². The van der Waals surface area contributed by atoms with Crippen molar-refractivity contribution in [2.24, 2.45) is 23.7 Å². The van der Waals surface area contributed by atoms with Gasteiger partial charge < -0.3 is 0 Å². The highest BCUT2D eigenvalue weighted by atomic mass is 19.3. The summed E-state index contributed by atoms with van der Waals surface area (Å²) in [5.41, 5.74) is 0. The van der Waals surface area contributed by atoms with E-state index in [0.717, 1.165) is 75.4 Å². The summed E-state index contributed by atoms with van der Waals surface area (Å²) in [4.78, 5) is 0. The highest BCUT2D eigenvalue weighted by Gasteiger charge is 2.30. The molecule has 0 amide bonds. The monoisotopic (exact) mass is 318 g/mol. The zero-order valence-electron chi connectivity index (χ0n) is 13.0. The second-order valence-electron chi connectivity index (χ2n) is 7.02. The Kier molecular flexibility index (Phi) is 6.97. The lowest BCUT2D eigenvalue weighted by Crippen LogP contribution is -2.25. The molecule has 0 bridgehead atoms. The van der Waals surface area contributed by atoms with Crippen LogP contribution in [0.3, 0.4) is 0 Å². The molecule has 0 atom stereocenters. The molecule has 0 aliphatic heterocycles. The van der Waals surface area contributed by atoms with Crippen LogP contribution in [-0.2, 0) is 0 Å². The molecule has 0 N–H and O–H groups in total. The predicted octanol–water partition coefficient (Wildman–Crippen LogP) is 6.94. The fourth-order valence-corrected chi connectivity index (χ4v) is 4.30. The van der Waals surface area contributed by atoms with Crippen molar-refractivity contribution in [3.05, 3.63) is 24.3 Å². The molecule has 0 aromatic heterocycles. The van der Waals surface area contributed by atoms with Gasteiger partial charge in [0.05, 0.1) is 0 Å². The quantitative estimate of drug-likeness (QED) is 0.482. The van der Waals surface area contributed by atoms with Gasteiger partial charge in [0.2, 0.25) is 0 Å². The van der Waals surface area contributed by atoms with E-state index in [2.05, 4.69) is 0 Å². The van der Waals surface area contributed by atoms with Crippen LogP contribution >= 0.6 is 0 Å². The van der Waals surface area contributed by atoms with Crippen molar-refractivity contribution < 1.29 is 17.6 Å². The molecule has 2 saturated carbocycles. The molecule has 0 nitrogen and oxygen atoms in total. The van der Waals surface area contributed by atoms with Crippen LogP contribution in [0, 0.1) is 23.7 Å². The molecule has 0 aromatic rings. The lowest BCUT2D eigenvalue weighted by molar-refractivity contribution is 0.147. The van der Waals surface area contributed by atoms with Crippen LogP contribution in [-0.4, -0.2) is 0 Å². The van der Waals surface area contributed by atoms with E-state index in [1.165, 1.54) is 0 Å². The zero-order valence-corrected chi connectivity index (χ0v) is 13.0. The molecular weight excluding hydrogens is 292 g/mol. The van der Waals surface area contributed by atoms with Gasteiger partial charge in [-0.25, -0.2) is 0 Å². The first-order chi connectivity index (χ1) is 10.5. The molecule has 2 fully saturated rings. The van der Waals surface area contributed by atoms with Gasteiger partial charge in [0.15, 0.2) is 0 Å². The summed E-state index contributed by atoms with van der Waals surface area (Å²) < 4.78 is 48.5. The van der Waals surface area contributed by atoms with Crippen LogP contribution in [0.2, 0.25) is 0 Å². The molecule has 0 heterocycles. The zero-order chi connectivity index (χ0) is 15.9. The topological polar surface area (TPSA) is 0 Å². The van der Waals surface area contributed by atoms with Crippen molar-refractivity contribution in [2.45, 2.75) is 64.2 Å². The molecule has 2 rings (SSSR count). The highest BCUT2D eigenvalue weighted by Crippen LogP contribution is 2.42. The second-order valence-corrected chi connectivity index (χ2v) is 7.02. The molecule has 0 saturated heterocycles. The fourth-order valence-electron chi connectivity index (χ4n) is 4.30. The van der Waals surface area contributed by atoms with Crippen LogP contribution in [0.15, 0.2) is 24.3 Å². The minimum Gasteiger partial charge on any atom is -0.174 e. The molecule has 22 heavy (non-hydrogen) atoms. The number of hydrogen-bond donors (Lipinski definition) is 0. The number of allylic oxidation sites excluding steroid dienone is 2. The third-order valence-electron chi connectivity index (χ3n) is 5.66. The van der Waals surface area contributed by atoms with Crippen molar-refractivity contribution in [1.82, 2.24) is 0 Å². The van der Waals surface area contributed by atoms with Crippen molar-refractivity contribution in [1.29, 1.82) is 0 Å². The van der Waals surface area contributed by atoms with E-state index >= 15 is 0 Å². The van der Waals surface area contributed by atoms with Crippen molar-refractivity contribution in [3.8, 4) is 0 Å². The average Bonchev–Trinajstić information content (AvgIpc) is 2.52. The Balaban J connectivity index is 1.68. The molecule has 126 valence electrons. The van der Waals surface area contributed by atoms with E-state index in [-0.39, 0.29) is 0 Å². The van der Waals surface area contributed by atoms with Crippen LogP contribution in [0.1, 0.15) is 64.2 Å². The third kappa shape index (κ3) is 5.77. The normalized spacial score (nSPS) is 32.4. The van der Waals surface area contributed by atoms with Gasteiger partial charge >= 0.3 is 0 Å². The summed E-state index contributed by atoms with van der Waals surface area (Å²) in [6.45, 7) is 0. The van der Waals surface area contributed by atoms with Crippen LogP contribution in [0.25, 0.3) is 0 Å². The van der Waals surface area contributed by atoms with Gasteiger partial charge in [0, 0.05) is 0 Å². The van der Waals surface area contributed by atoms with Crippen LogP contribution < -0.4 is 0 Å². The maximum atomic E-state index is 12.1. The summed E-state index contributed by atoms with van der Waals surface area (Å²) in [6.07, 6.45) is 8.90. The molecule has 2 aliphatic rings. The van der Waals surface area contributed by atoms with Gasteiger partial charge in [-0.2, -0.15) is 17.6 Å². The van der Waals surface area contributed by atoms with E-state index in [9.17, 15) is 17.6 Å². The summed E-state index contributed by atoms with van der Waals surface area (Å²) in [5.74, 6) is 2.30. The molecular formula is C18H26F4. The Morgan fingerprint density at radius 3 is 1.18 bits per heavy atom. The minimum atomic E-state index is -1.56. The van der Waals surface area contributed by atoms with E-state index in [0.29, 0.717) is 24.7 Å².